The molecule has 0 radical (unpaired) electrons. The Hall–Kier alpha value is -3.38. The third-order valence-corrected chi connectivity index (χ3v) is 8.87. The molecule has 6 nitrogen and oxygen atoms in total. The van der Waals surface area contributed by atoms with Crippen molar-refractivity contribution in [2.24, 2.45) is 0 Å². The molecular formula is C33H42N4O2. The van der Waals surface area contributed by atoms with E-state index in [0.717, 1.165) is 75.8 Å². The number of piperidine rings is 1. The molecule has 1 aliphatic carbocycles. The van der Waals surface area contributed by atoms with Crippen molar-refractivity contribution in [2.75, 3.05) is 32.0 Å². The van der Waals surface area contributed by atoms with Gasteiger partial charge in [0.2, 0.25) is 0 Å². The van der Waals surface area contributed by atoms with Crippen LogP contribution in [-0.2, 0) is 16.8 Å². The Balaban J connectivity index is 1.14. The molecule has 1 amide bonds. The number of hydrogen-bond acceptors (Lipinski definition) is 5. The molecule has 3 aromatic rings. The second-order valence-corrected chi connectivity index (χ2v) is 11.3. The van der Waals surface area contributed by atoms with Crippen molar-refractivity contribution < 1.29 is 9.53 Å². The van der Waals surface area contributed by atoms with Crippen LogP contribution in [0, 0.1) is 0 Å². The summed E-state index contributed by atoms with van der Waals surface area (Å²) in [5.74, 6) is 0. The van der Waals surface area contributed by atoms with Gasteiger partial charge in [0.1, 0.15) is 6.61 Å². The Morgan fingerprint density at radius 3 is 2.33 bits per heavy atom. The molecule has 1 aromatic heterocycles. The summed E-state index contributed by atoms with van der Waals surface area (Å²) in [5, 5.41) is 3.65. The number of rotatable bonds is 9. The molecule has 0 spiro atoms. The average Bonchev–Trinajstić information content (AvgIpc) is 3.01. The summed E-state index contributed by atoms with van der Waals surface area (Å²) < 4.78 is 5.62. The maximum atomic E-state index is 12.8. The zero-order valence-electron chi connectivity index (χ0n) is 23.2. The van der Waals surface area contributed by atoms with E-state index < -0.39 is 0 Å². The van der Waals surface area contributed by atoms with Gasteiger partial charge in [-0.2, -0.15) is 0 Å². The van der Waals surface area contributed by atoms with Crippen molar-refractivity contribution in [3.8, 4) is 0 Å². The van der Waals surface area contributed by atoms with E-state index in [4.69, 9.17) is 4.74 Å². The number of ether oxygens (including phenoxy) is 1. The van der Waals surface area contributed by atoms with Gasteiger partial charge in [0.05, 0.1) is 5.69 Å². The standard InChI is InChI=1S/C33H42N4O2/c1-36(32(38)39-26-27-9-4-2-5-10-27)31-14-18-33(19-15-31,28-11-6-3-7-12-28)20-24-37-22-16-29(17-23-37)35-30-13-8-21-34-25-30/h2-13,21,25,29,31,35H,14-20,22-24,26H2,1H3. The van der Waals surface area contributed by atoms with Crippen molar-refractivity contribution in [2.45, 2.75) is 69.1 Å². The zero-order valence-corrected chi connectivity index (χ0v) is 23.2. The molecule has 1 aliphatic heterocycles. The Kier molecular flexibility index (Phi) is 9.15. The van der Waals surface area contributed by atoms with Crippen LogP contribution in [0.4, 0.5) is 10.5 Å². The van der Waals surface area contributed by atoms with Crippen LogP contribution in [0.5, 0.6) is 0 Å². The Morgan fingerprint density at radius 2 is 1.67 bits per heavy atom. The maximum Gasteiger partial charge on any atom is 0.410 e. The number of likely N-dealkylation sites (tertiary alicyclic amines) is 1. The van der Waals surface area contributed by atoms with Gasteiger partial charge in [-0.1, -0.05) is 60.7 Å². The fourth-order valence-corrected chi connectivity index (χ4v) is 6.34. The van der Waals surface area contributed by atoms with E-state index in [1.54, 1.807) is 0 Å². The molecule has 0 unspecified atom stereocenters. The average molecular weight is 527 g/mol. The maximum absolute atomic E-state index is 12.8. The van der Waals surface area contributed by atoms with Gasteiger partial charge in [0, 0.05) is 44.6 Å². The number of benzene rings is 2. The lowest BCUT2D eigenvalue weighted by atomic mass is 9.66. The highest BCUT2D eigenvalue weighted by atomic mass is 16.6. The highest BCUT2D eigenvalue weighted by Gasteiger charge is 2.39. The molecule has 5 rings (SSSR count). The molecule has 0 bridgehead atoms. The summed E-state index contributed by atoms with van der Waals surface area (Å²) in [6.45, 7) is 3.69. The van der Waals surface area contributed by atoms with Gasteiger partial charge in [-0.15, -0.1) is 0 Å². The number of carbonyl (C=O) groups is 1. The van der Waals surface area contributed by atoms with E-state index in [2.05, 4.69) is 51.6 Å². The normalized spacial score (nSPS) is 22.2. The molecule has 2 heterocycles. The number of nitrogens with zero attached hydrogens (tertiary/aromatic N) is 3. The van der Waals surface area contributed by atoms with Gasteiger partial charge in [0.15, 0.2) is 0 Å². The van der Waals surface area contributed by atoms with E-state index >= 15 is 0 Å². The van der Waals surface area contributed by atoms with Crippen molar-refractivity contribution in [1.29, 1.82) is 0 Å². The number of amides is 1. The predicted octanol–water partition coefficient (Wildman–Crippen LogP) is 6.50. The highest BCUT2D eigenvalue weighted by molar-refractivity contribution is 5.67. The van der Waals surface area contributed by atoms with Crippen LogP contribution < -0.4 is 5.32 Å². The molecule has 206 valence electrons. The molecule has 1 N–H and O–H groups in total. The summed E-state index contributed by atoms with van der Waals surface area (Å²) in [6.07, 6.45) is 11.2. The van der Waals surface area contributed by atoms with Crippen molar-refractivity contribution >= 4 is 11.8 Å². The lowest BCUT2D eigenvalue weighted by molar-refractivity contribution is 0.0731. The fraction of sp³-hybridized carbons (Fsp3) is 0.455. The highest BCUT2D eigenvalue weighted by Crippen LogP contribution is 2.43. The topological polar surface area (TPSA) is 57.7 Å². The summed E-state index contributed by atoms with van der Waals surface area (Å²) in [4.78, 5) is 21.5. The molecule has 6 heteroatoms. The van der Waals surface area contributed by atoms with Crippen LogP contribution in [0.15, 0.2) is 85.2 Å². The minimum atomic E-state index is -0.223. The number of aromatic nitrogens is 1. The van der Waals surface area contributed by atoms with E-state index in [1.165, 1.54) is 5.56 Å². The third-order valence-electron chi connectivity index (χ3n) is 8.87. The van der Waals surface area contributed by atoms with Gasteiger partial charge < -0.3 is 19.9 Å². The van der Waals surface area contributed by atoms with Gasteiger partial charge >= 0.3 is 6.09 Å². The molecule has 39 heavy (non-hydrogen) atoms. The Morgan fingerprint density at radius 1 is 0.974 bits per heavy atom. The van der Waals surface area contributed by atoms with Gasteiger partial charge in [-0.3, -0.25) is 4.98 Å². The molecule has 0 atom stereocenters. The van der Waals surface area contributed by atoms with Crippen LogP contribution in [0.25, 0.3) is 0 Å². The van der Waals surface area contributed by atoms with E-state index in [-0.39, 0.29) is 17.6 Å². The first-order chi connectivity index (χ1) is 19.1. The van der Waals surface area contributed by atoms with Crippen LogP contribution in [-0.4, -0.2) is 59.6 Å². The van der Waals surface area contributed by atoms with Crippen LogP contribution in [0.3, 0.4) is 0 Å². The lowest BCUT2D eigenvalue weighted by Gasteiger charge is -2.44. The lowest BCUT2D eigenvalue weighted by Crippen LogP contribution is -2.45. The summed E-state index contributed by atoms with van der Waals surface area (Å²) >= 11 is 0. The van der Waals surface area contributed by atoms with E-state index in [9.17, 15) is 4.79 Å². The largest absolute Gasteiger partial charge is 0.445 e. The first kappa shape index (κ1) is 27.2. The number of nitrogens with one attached hydrogen (secondary N) is 1. The van der Waals surface area contributed by atoms with E-state index in [0.29, 0.717) is 12.6 Å². The number of carbonyl (C=O) groups excluding carboxylic acids is 1. The second-order valence-electron chi connectivity index (χ2n) is 11.3. The SMILES string of the molecule is CN(C(=O)OCc1ccccc1)C1CCC(CCN2CCC(Nc3cccnc3)CC2)(c2ccccc2)CC1. The minimum Gasteiger partial charge on any atom is -0.445 e. The molecule has 1 saturated heterocycles. The quantitative estimate of drug-likeness (QED) is 0.345. The smallest absolute Gasteiger partial charge is 0.410 e. The molecule has 2 aliphatic rings. The fourth-order valence-electron chi connectivity index (χ4n) is 6.34. The summed E-state index contributed by atoms with van der Waals surface area (Å²) in [6, 6.07) is 25.8. The van der Waals surface area contributed by atoms with Gasteiger partial charge in [-0.05, 0) is 80.2 Å². The third kappa shape index (κ3) is 7.18. The minimum absolute atomic E-state index is 0.164. The first-order valence-corrected chi connectivity index (χ1v) is 14.5. The van der Waals surface area contributed by atoms with Gasteiger partial charge in [0.25, 0.3) is 0 Å². The predicted molar refractivity (Wildman–Crippen MR) is 157 cm³/mol. The second kappa shape index (κ2) is 13.1. The molecule has 2 aromatic carbocycles. The van der Waals surface area contributed by atoms with Crippen molar-refractivity contribution in [3.05, 3.63) is 96.3 Å². The van der Waals surface area contributed by atoms with Crippen molar-refractivity contribution in [3.63, 3.8) is 0 Å². The molecule has 2 fully saturated rings. The summed E-state index contributed by atoms with van der Waals surface area (Å²) in [5.41, 5.74) is 3.75. The van der Waals surface area contributed by atoms with Crippen LogP contribution >= 0.6 is 0 Å². The van der Waals surface area contributed by atoms with E-state index in [1.807, 2.05) is 60.7 Å². The monoisotopic (exact) mass is 526 g/mol. The first-order valence-electron chi connectivity index (χ1n) is 14.5. The number of pyridine rings is 1. The van der Waals surface area contributed by atoms with Gasteiger partial charge in [-0.25, -0.2) is 4.79 Å². The number of hydrogen-bond donors (Lipinski definition) is 1. The van der Waals surface area contributed by atoms with Crippen LogP contribution in [0.2, 0.25) is 0 Å². The number of anilines is 1. The zero-order chi connectivity index (χ0) is 26.9. The molecular weight excluding hydrogens is 484 g/mol. The Labute approximate surface area is 233 Å². The van der Waals surface area contributed by atoms with Crippen molar-refractivity contribution in [1.82, 2.24) is 14.8 Å². The molecule has 1 saturated carbocycles. The van der Waals surface area contributed by atoms with Crippen LogP contribution in [0.1, 0.15) is 56.1 Å². The summed E-state index contributed by atoms with van der Waals surface area (Å²) in [7, 11) is 1.90. The Bertz CT molecular complexity index is 1140.